The molecular formula is C31H38N4O2. The van der Waals surface area contributed by atoms with E-state index in [-0.39, 0.29) is 17.7 Å². The van der Waals surface area contributed by atoms with E-state index >= 15 is 0 Å². The first-order valence-corrected chi connectivity index (χ1v) is 13.6. The van der Waals surface area contributed by atoms with Crippen molar-refractivity contribution in [1.29, 1.82) is 0 Å². The Morgan fingerprint density at radius 2 is 1.57 bits per heavy atom. The summed E-state index contributed by atoms with van der Waals surface area (Å²) < 4.78 is 12.2. The minimum Gasteiger partial charge on any atom is -0.495 e. The summed E-state index contributed by atoms with van der Waals surface area (Å²) in [4.78, 5) is 5.08. The summed E-state index contributed by atoms with van der Waals surface area (Å²) in [6.07, 6.45) is 1.27. The van der Waals surface area contributed by atoms with Crippen molar-refractivity contribution in [3.05, 3.63) is 90.0 Å². The Balaban J connectivity index is 1.26. The molecule has 0 saturated carbocycles. The number of piperazine rings is 1. The van der Waals surface area contributed by atoms with E-state index in [4.69, 9.17) is 9.47 Å². The molecule has 0 amide bonds. The number of hydrogen-bond donors (Lipinski definition) is 0. The van der Waals surface area contributed by atoms with Gasteiger partial charge >= 0.3 is 0 Å². The molecule has 37 heavy (non-hydrogen) atoms. The van der Waals surface area contributed by atoms with Crippen LogP contribution in [0, 0.1) is 0 Å². The standard InChI is InChI=1S/C31H38N4O2/c1-4-32(2)35-26-15-9-8-14-25(26)31(29-30(35)37-29,24-12-6-5-7-13-24)18-19-33-20-22-34(23-21-33)27-16-10-11-17-28(27)36-3/h5-17,29-30H,4,18-23H2,1-3H3. The molecule has 6 nitrogen and oxygen atoms in total. The highest BCUT2D eigenvalue weighted by atomic mass is 16.6. The summed E-state index contributed by atoms with van der Waals surface area (Å²) in [5.74, 6) is 0.955. The molecule has 0 N–H and O–H groups in total. The number of hydrogen-bond acceptors (Lipinski definition) is 6. The van der Waals surface area contributed by atoms with Crippen LogP contribution in [0.5, 0.6) is 5.75 Å². The first kappa shape index (κ1) is 24.3. The van der Waals surface area contributed by atoms with Gasteiger partial charge in [-0.2, -0.15) is 0 Å². The Morgan fingerprint density at radius 1 is 0.892 bits per heavy atom. The van der Waals surface area contributed by atoms with Gasteiger partial charge in [-0.05, 0) is 42.3 Å². The number of anilines is 2. The van der Waals surface area contributed by atoms with Crippen molar-refractivity contribution >= 4 is 11.4 Å². The highest BCUT2D eigenvalue weighted by Gasteiger charge is 2.63. The number of fused-ring (bicyclic) bond motifs is 2. The van der Waals surface area contributed by atoms with Crippen molar-refractivity contribution in [3.8, 4) is 5.75 Å². The van der Waals surface area contributed by atoms with Crippen molar-refractivity contribution in [1.82, 2.24) is 9.91 Å². The van der Waals surface area contributed by atoms with Crippen LogP contribution in [-0.2, 0) is 10.2 Å². The van der Waals surface area contributed by atoms with E-state index < -0.39 is 0 Å². The Kier molecular flexibility index (Phi) is 6.57. The van der Waals surface area contributed by atoms with E-state index in [2.05, 4.69) is 107 Å². The predicted molar refractivity (Wildman–Crippen MR) is 149 cm³/mol. The molecule has 2 fully saturated rings. The van der Waals surface area contributed by atoms with Gasteiger partial charge in [-0.3, -0.25) is 9.91 Å². The lowest BCUT2D eigenvalue weighted by atomic mass is 9.67. The van der Waals surface area contributed by atoms with Crippen molar-refractivity contribution in [2.75, 3.05) is 63.3 Å². The molecular weight excluding hydrogens is 460 g/mol. The van der Waals surface area contributed by atoms with E-state index in [0.29, 0.717) is 0 Å². The van der Waals surface area contributed by atoms with Gasteiger partial charge < -0.3 is 14.4 Å². The Labute approximate surface area is 221 Å². The third-order valence-corrected chi connectivity index (χ3v) is 8.56. The van der Waals surface area contributed by atoms with Crippen molar-refractivity contribution in [2.45, 2.75) is 31.1 Å². The zero-order valence-corrected chi connectivity index (χ0v) is 22.2. The Bertz CT molecular complexity index is 1210. The van der Waals surface area contributed by atoms with Gasteiger partial charge in [0.2, 0.25) is 0 Å². The first-order valence-electron chi connectivity index (χ1n) is 13.6. The first-order chi connectivity index (χ1) is 18.2. The van der Waals surface area contributed by atoms with Crippen LogP contribution in [0.4, 0.5) is 11.4 Å². The molecule has 0 spiro atoms. The summed E-state index contributed by atoms with van der Waals surface area (Å²) >= 11 is 0. The lowest BCUT2D eigenvalue weighted by Crippen LogP contribution is -2.53. The maximum Gasteiger partial charge on any atom is 0.172 e. The van der Waals surface area contributed by atoms with E-state index in [1.54, 1.807) is 7.11 Å². The predicted octanol–water partition coefficient (Wildman–Crippen LogP) is 4.61. The zero-order chi connectivity index (χ0) is 25.4. The van der Waals surface area contributed by atoms with Crippen LogP contribution >= 0.6 is 0 Å². The normalized spacial score (nSPS) is 25.1. The number of ether oxygens (including phenoxy) is 2. The van der Waals surface area contributed by atoms with Gasteiger partial charge in [0, 0.05) is 39.8 Å². The molecule has 3 atom stereocenters. The zero-order valence-electron chi connectivity index (χ0n) is 22.2. The summed E-state index contributed by atoms with van der Waals surface area (Å²) in [5.41, 5.74) is 5.05. The minimum atomic E-state index is -0.159. The minimum absolute atomic E-state index is 0.0856. The molecule has 3 aromatic carbocycles. The Morgan fingerprint density at radius 3 is 2.30 bits per heavy atom. The number of methoxy groups -OCH3 is 1. The summed E-state index contributed by atoms with van der Waals surface area (Å²) in [6.45, 7) is 8.28. The van der Waals surface area contributed by atoms with Gasteiger partial charge in [0.05, 0.1) is 23.9 Å². The largest absolute Gasteiger partial charge is 0.495 e. The van der Waals surface area contributed by atoms with E-state index in [9.17, 15) is 0 Å². The molecule has 3 heterocycles. The molecule has 3 aliphatic heterocycles. The second-order valence-electron chi connectivity index (χ2n) is 10.4. The molecule has 0 radical (unpaired) electrons. The van der Waals surface area contributed by atoms with Gasteiger partial charge in [-0.1, -0.05) is 67.6 Å². The number of rotatable bonds is 8. The average molecular weight is 499 g/mol. The fraction of sp³-hybridized carbons (Fsp3) is 0.419. The van der Waals surface area contributed by atoms with Gasteiger partial charge in [-0.15, -0.1) is 0 Å². The highest BCUT2D eigenvalue weighted by molar-refractivity contribution is 5.65. The van der Waals surface area contributed by atoms with Crippen LogP contribution in [0.3, 0.4) is 0 Å². The quantitative estimate of drug-likeness (QED) is 0.422. The molecule has 0 aliphatic carbocycles. The SMILES string of the molecule is CCN(C)N1c2ccccc2C(CCN2CCN(c3ccccc3OC)CC2)(c2ccccc2)C2OC21. The lowest BCUT2D eigenvalue weighted by Gasteiger charge is -2.45. The lowest BCUT2D eigenvalue weighted by molar-refractivity contribution is 0.218. The van der Waals surface area contributed by atoms with E-state index in [1.807, 2.05) is 6.07 Å². The van der Waals surface area contributed by atoms with Crippen LogP contribution < -0.4 is 14.6 Å². The molecule has 3 aromatic rings. The number of nitrogens with zero attached hydrogens (tertiary/aromatic N) is 4. The van der Waals surface area contributed by atoms with Crippen LogP contribution in [-0.4, -0.2) is 75.7 Å². The second-order valence-corrected chi connectivity index (χ2v) is 10.4. The van der Waals surface area contributed by atoms with Gasteiger partial charge in [0.25, 0.3) is 0 Å². The van der Waals surface area contributed by atoms with Crippen LogP contribution in [0.1, 0.15) is 24.5 Å². The molecule has 3 unspecified atom stereocenters. The van der Waals surface area contributed by atoms with Gasteiger partial charge in [-0.25, -0.2) is 5.01 Å². The fourth-order valence-electron chi connectivity index (χ4n) is 6.44. The van der Waals surface area contributed by atoms with Crippen LogP contribution in [0.25, 0.3) is 0 Å². The molecule has 6 rings (SSSR count). The van der Waals surface area contributed by atoms with Crippen LogP contribution in [0.2, 0.25) is 0 Å². The maximum absolute atomic E-state index is 6.55. The van der Waals surface area contributed by atoms with Crippen LogP contribution in [0.15, 0.2) is 78.9 Å². The van der Waals surface area contributed by atoms with Gasteiger partial charge in [0.1, 0.15) is 11.9 Å². The topological polar surface area (TPSA) is 34.7 Å². The maximum atomic E-state index is 6.55. The smallest absolute Gasteiger partial charge is 0.172 e. The molecule has 2 saturated heterocycles. The third kappa shape index (κ3) is 4.17. The second kappa shape index (κ2) is 10.0. The summed E-state index contributed by atoms with van der Waals surface area (Å²) in [7, 11) is 3.92. The van der Waals surface area contributed by atoms with Crippen molar-refractivity contribution < 1.29 is 9.47 Å². The van der Waals surface area contributed by atoms with Crippen molar-refractivity contribution in [2.24, 2.45) is 0 Å². The number of para-hydroxylation sites is 3. The monoisotopic (exact) mass is 498 g/mol. The number of benzene rings is 3. The number of epoxide rings is 1. The highest BCUT2D eigenvalue weighted by Crippen LogP contribution is 2.57. The average Bonchev–Trinajstić information content (AvgIpc) is 3.76. The molecule has 194 valence electrons. The molecule has 6 heteroatoms. The van der Waals surface area contributed by atoms with E-state index in [1.165, 1.54) is 22.5 Å². The van der Waals surface area contributed by atoms with Crippen molar-refractivity contribution in [3.63, 3.8) is 0 Å². The molecule has 0 aromatic heterocycles. The van der Waals surface area contributed by atoms with E-state index in [0.717, 1.165) is 51.4 Å². The Hall–Kier alpha value is -3.06. The number of hydrazine groups is 1. The van der Waals surface area contributed by atoms with Gasteiger partial charge in [0.15, 0.2) is 6.23 Å². The molecule has 3 aliphatic rings. The third-order valence-electron chi connectivity index (χ3n) is 8.56. The molecule has 0 bridgehead atoms. The fourth-order valence-corrected chi connectivity index (χ4v) is 6.44. The summed E-state index contributed by atoms with van der Waals surface area (Å²) in [6, 6.07) is 28.4. The summed E-state index contributed by atoms with van der Waals surface area (Å²) in [5, 5.41) is 4.66.